The number of rotatable bonds is 5. The first-order valence-corrected chi connectivity index (χ1v) is 9.05. The number of aromatic nitrogens is 1. The van der Waals surface area contributed by atoms with Crippen molar-refractivity contribution in [2.45, 2.75) is 12.2 Å². The molecule has 0 fully saturated rings. The lowest BCUT2D eigenvalue weighted by Gasteiger charge is -2.09. The van der Waals surface area contributed by atoms with Gasteiger partial charge in [0, 0.05) is 29.4 Å². The van der Waals surface area contributed by atoms with Crippen LogP contribution < -0.4 is 5.32 Å². The van der Waals surface area contributed by atoms with Crippen LogP contribution in [0.5, 0.6) is 0 Å². The van der Waals surface area contributed by atoms with Gasteiger partial charge < -0.3 is 10.3 Å². The normalized spacial score (nSPS) is 11.6. The zero-order valence-corrected chi connectivity index (χ0v) is 14.1. The van der Waals surface area contributed by atoms with Crippen molar-refractivity contribution >= 4 is 39.2 Å². The first kappa shape index (κ1) is 15.1. The third-order valence-electron chi connectivity index (χ3n) is 3.65. The molecule has 2 nitrogen and oxygen atoms in total. The van der Waals surface area contributed by atoms with E-state index < -0.39 is 0 Å². The number of nitrogens with one attached hydrogen (secondary N) is 2. The lowest BCUT2D eigenvalue weighted by atomic mass is 10.1. The third kappa shape index (κ3) is 3.90. The summed E-state index contributed by atoms with van der Waals surface area (Å²) in [6.45, 7) is 0.891. The summed E-state index contributed by atoms with van der Waals surface area (Å²) in [6.07, 6.45) is 3.08. The van der Waals surface area contributed by atoms with Gasteiger partial charge in [-0.05, 0) is 23.6 Å². The average molecular weight is 329 g/mol. The molecule has 0 atom stereocenters. The molecule has 0 aliphatic carbocycles. The molecule has 0 aliphatic heterocycles. The fraction of sp³-hybridized carbons (Fsp3) is 0.167. The molecule has 0 amide bonds. The first-order chi connectivity index (χ1) is 10.8. The molecule has 0 saturated carbocycles. The summed E-state index contributed by atoms with van der Waals surface area (Å²) in [7, 11) is 0. The topological polar surface area (TPSA) is 27.8 Å². The Kier molecular flexibility index (Phi) is 5.14. The SMILES string of the molecule is S=C(NCCc1c[nH]c2ccccc12)[SH2]Cc1ccccc1. The van der Waals surface area contributed by atoms with Crippen molar-refractivity contribution < 1.29 is 0 Å². The molecule has 0 bridgehead atoms. The summed E-state index contributed by atoms with van der Waals surface area (Å²) in [5.41, 5.74) is 3.89. The Hall–Kier alpha value is -1.78. The van der Waals surface area contributed by atoms with Crippen molar-refractivity contribution in [3.05, 3.63) is 71.9 Å². The summed E-state index contributed by atoms with van der Waals surface area (Å²) >= 11 is 6.09. The number of hydrogen-bond acceptors (Lipinski definition) is 1. The Morgan fingerprint density at radius 2 is 1.82 bits per heavy atom. The molecule has 1 aromatic heterocycles. The van der Waals surface area contributed by atoms with E-state index in [9.17, 15) is 0 Å². The molecule has 0 saturated heterocycles. The van der Waals surface area contributed by atoms with Gasteiger partial charge in [0.15, 0.2) is 0 Å². The molecule has 1 heterocycles. The lowest BCUT2D eigenvalue weighted by Crippen LogP contribution is -2.21. The van der Waals surface area contributed by atoms with Crippen molar-refractivity contribution in [3.8, 4) is 0 Å². The summed E-state index contributed by atoms with van der Waals surface area (Å²) < 4.78 is 0.976. The van der Waals surface area contributed by atoms with Gasteiger partial charge in [0.1, 0.15) is 4.32 Å². The lowest BCUT2D eigenvalue weighted by molar-refractivity contribution is 0.887. The summed E-state index contributed by atoms with van der Waals surface area (Å²) in [5.74, 6) is 1.03. The largest absolute Gasteiger partial charge is 0.372 e. The zero-order valence-electron chi connectivity index (χ0n) is 12.3. The Labute approximate surface area is 140 Å². The molecule has 3 aromatic rings. The monoisotopic (exact) mass is 328 g/mol. The van der Waals surface area contributed by atoms with Crippen molar-refractivity contribution in [3.63, 3.8) is 0 Å². The van der Waals surface area contributed by atoms with E-state index in [0.29, 0.717) is 11.8 Å². The van der Waals surface area contributed by atoms with E-state index in [2.05, 4.69) is 65.0 Å². The van der Waals surface area contributed by atoms with Gasteiger partial charge in [0.25, 0.3) is 0 Å². The predicted molar refractivity (Wildman–Crippen MR) is 103 cm³/mol. The number of thiocarbonyl (C=S) groups is 1. The van der Waals surface area contributed by atoms with Crippen LogP contribution in [0, 0.1) is 0 Å². The van der Waals surface area contributed by atoms with Crippen LogP contribution in [0.2, 0.25) is 0 Å². The highest BCUT2D eigenvalue weighted by atomic mass is 32.2. The van der Waals surface area contributed by atoms with E-state index >= 15 is 0 Å². The van der Waals surface area contributed by atoms with Crippen LogP contribution in [0.4, 0.5) is 0 Å². The molecule has 22 heavy (non-hydrogen) atoms. The first-order valence-electron chi connectivity index (χ1n) is 7.43. The smallest absolute Gasteiger partial charge is 0.111 e. The minimum absolute atomic E-state index is 0.652. The average Bonchev–Trinajstić information content (AvgIpc) is 2.97. The van der Waals surface area contributed by atoms with E-state index in [1.807, 2.05) is 6.07 Å². The molecule has 3 rings (SSSR count). The fourth-order valence-corrected chi connectivity index (χ4v) is 3.66. The zero-order chi connectivity index (χ0) is 15.2. The standard InChI is InChI=1S/C18H20N2S2/c21-18(22-13-14-6-2-1-3-7-14)19-11-10-15-12-20-17-9-5-4-8-16(15)17/h1-9,12,20H,10-11,13,22H2,(H,19,21). The predicted octanol–water partition coefficient (Wildman–Crippen LogP) is 3.98. The Morgan fingerprint density at radius 3 is 2.68 bits per heavy atom. The quantitative estimate of drug-likeness (QED) is 0.693. The van der Waals surface area contributed by atoms with Crippen LogP contribution in [-0.2, 0) is 12.2 Å². The Bertz CT molecular complexity index is 750. The molecule has 114 valence electrons. The number of H-pyrrole nitrogens is 1. The minimum atomic E-state index is 0.652. The molecular formula is C18H20N2S2. The summed E-state index contributed by atoms with van der Waals surface area (Å²) in [6, 6.07) is 18.9. The van der Waals surface area contributed by atoms with E-state index in [0.717, 1.165) is 23.0 Å². The molecule has 0 unspecified atom stereocenters. The van der Waals surface area contributed by atoms with Gasteiger partial charge in [-0.2, -0.15) is 0 Å². The van der Waals surface area contributed by atoms with E-state index in [-0.39, 0.29) is 0 Å². The molecule has 2 N–H and O–H groups in total. The number of aromatic amines is 1. The van der Waals surface area contributed by atoms with Crippen LogP contribution >= 0.6 is 24.0 Å². The van der Waals surface area contributed by atoms with Crippen molar-refractivity contribution in [1.82, 2.24) is 10.3 Å². The van der Waals surface area contributed by atoms with E-state index in [4.69, 9.17) is 12.2 Å². The summed E-state index contributed by atoms with van der Waals surface area (Å²) in [5, 5.41) is 4.69. The Morgan fingerprint density at radius 1 is 1.05 bits per heavy atom. The molecule has 0 spiro atoms. The minimum Gasteiger partial charge on any atom is -0.372 e. The number of para-hydroxylation sites is 1. The molecule has 0 radical (unpaired) electrons. The van der Waals surface area contributed by atoms with Gasteiger partial charge in [-0.15, -0.1) is 0 Å². The van der Waals surface area contributed by atoms with Crippen molar-refractivity contribution in [2.24, 2.45) is 0 Å². The van der Waals surface area contributed by atoms with Gasteiger partial charge in [-0.3, -0.25) is 0 Å². The highest BCUT2D eigenvalue weighted by molar-refractivity contribution is 8.22. The highest BCUT2D eigenvalue weighted by Crippen LogP contribution is 2.18. The van der Waals surface area contributed by atoms with Gasteiger partial charge in [0.05, 0.1) is 0 Å². The van der Waals surface area contributed by atoms with E-state index in [1.165, 1.54) is 22.0 Å². The summed E-state index contributed by atoms with van der Waals surface area (Å²) in [4.78, 5) is 3.31. The van der Waals surface area contributed by atoms with Gasteiger partial charge in [-0.25, -0.2) is 11.8 Å². The van der Waals surface area contributed by atoms with Crippen LogP contribution in [0.1, 0.15) is 11.1 Å². The van der Waals surface area contributed by atoms with Crippen molar-refractivity contribution in [1.29, 1.82) is 0 Å². The maximum atomic E-state index is 5.44. The van der Waals surface area contributed by atoms with Crippen LogP contribution in [0.15, 0.2) is 60.8 Å². The second kappa shape index (κ2) is 7.47. The fourth-order valence-electron chi connectivity index (χ4n) is 2.49. The maximum absolute atomic E-state index is 5.44. The van der Waals surface area contributed by atoms with Crippen LogP contribution in [0.25, 0.3) is 10.9 Å². The van der Waals surface area contributed by atoms with Crippen LogP contribution in [0.3, 0.4) is 0 Å². The van der Waals surface area contributed by atoms with Gasteiger partial charge in [-0.1, -0.05) is 60.7 Å². The second-order valence-electron chi connectivity index (χ2n) is 5.20. The third-order valence-corrected chi connectivity index (χ3v) is 5.31. The van der Waals surface area contributed by atoms with Gasteiger partial charge in [0.2, 0.25) is 0 Å². The molecule has 0 aliphatic rings. The van der Waals surface area contributed by atoms with Crippen molar-refractivity contribution in [2.75, 3.05) is 6.54 Å². The second-order valence-corrected chi connectivity index (χ2v) is 7.18. The van der Waals surface area contributed by atoms with E-state index in [1.54, 1.807) is 0 Å². The van der Waals surface area contributed by atoms with Gasteiger partial charge >= 0.3 is 0 Å². The maximum Gasteiger partial charge on any atom is 0.111 e. The number of fused-ring (bicyclic) bond motifs is 1. The highest BCUT2D eigenvalue weighted by Gasteiger charge is 2.02. The molecular weight excluding hydrogens is 308 g/mol. The Balaban J connectivity index is 1.45. The van der Waals surface area contributed by atoms with Crippen LogP contribution in [-0.4, -0.2) is 15.8 Å². The molecule has 4 heteroatoms. The number of hydrogen-bond donors (Lipinski definition) is 2. The molecule has 2 aromatic carbocycles. The number of benzene rings is 2.